The molecule has 1 aliphatic rings. The Balaban J connectivity index is 2.42. The van der Waals surface area contributed by atoms with E-state index in [0.717, 1.165) is 25.7 Å². The van der Waals surface area contributed by atoms with Crippen molar-refractivity contribution < 1.29 is 13.2 Å². The molecular weight excluding hydrogens is 191 g/mol. The van der Waals surface area contributed by atoms with Crippen LogP contribution in [0.1, 0.15) is 39.5 Å². The van der Waals surface area contributed by atoms with Crippen molar-refractivity contribution in [3.05, 3.63) is 0 Å². The zero-order valence-electron chi connectivity index (χ0n) is 8.75. The van der Waals surface area contributed by atoms with Gasteiger partial charge in [0.15, 0.2) is 0 Å². The van der Waals surface area contributed by atoms with Gasteiger partial charge in [0.05, 0.1) is 6.54 Å². The van der Waals surface area contributed by atoms with E-state index >= 15 is 0 Å². The van der Waals surface area contributed by atoms with Gasteiger partial charge >= 0.3 is 6.18 Å². The molecule has 1 fully saturated rings. The summed E-state index contributed by atoms with van der Waals surface area (Å²) in [6.07, 6.45) is -0.0325. The van der Waals surface area contributed by atoms with Crippen LogP contribution in [0.3, 0.4) is 0 Å². The van der Waals surface area contributed by atoms with Crippen LogP contribution >= 0.6 is 0 Å². The molecule has 84 valence electrons. The first kappa shape index (κ1) is 11.8. The molecule has 0 aromatic rings. The Kier molecular flexibility index (Phi) is 3.45. The fourth-order valence-electron chi connectivity index (χ4n) is 2.11. The SMILES string of the molecule is CC1(C)CCCCC1NCC(F)(F)F. The molecule has 0 heterocycles. The van der Waals surface area contributed by atoms with Crippen LogP contribution < -0.4 is 5.32 Å². The van der Waals surface area contributed by atoms with Gasteiger partial charge in [0.2, 0.25) is 0 Å². The second-order valence-electron chi connectivity index (χ2n) is 4.78. The molecule has 0 amide bonds. The summed E-state index contributed by atoms with van der Waals surface area (Å²) in [6, 6.07) is 0.0119. The highest BCUT2D eigenvalue weighted by molar-refractivity contribution is 4.88. The Morgan fingerprint density at radius 1 is 1.29 bits per heavy atom. The summed E-state index contributed by atoms with van der Waals surface area (Å²) >= 11 is 0. The maximum Gasteiger partial charge on any atom is 0.401 e. The minimum absolute atomic E-state index is 0.00347. The zero-order chi connectivity index (χ0) is 10.8. The Hall–Kier alpha value is -0.250. The van der Waals surface area contributed by atoms with Gasteiger partial charge in [-0.05, 0) is 18.3 Å². The van der Waals surface area contributed by atoms with Gasteiger partial charge in [-0.3, -0.25) is 0 Å². The molecule has 1 N–H and O–H groups in total. The highest BCUT2D eigenvalue weighted by Crippen LogP contribution is 2.35. The molecule has 4 heteroatoms. The third-order valence-electron chi connectivity index (χ3n) is 3.06. The van der Waals surface area contributed by atoms with Crippen LogP contribution in [0.4, 0.5) is 13.2 Å². The van der Waals surface area contributed by atoms with Crippen LogP contribution in [-0.2, 0) is 0 Å². The number of rotatable bonds is 2. The topological polar surface area (TPSA) is 12.0 Å². The highest BCUT2D eigenvalue weighted by Gasteiger charge is 2.35. The van der Waals surface area contributed by atoms with Gasteiger partial charge in [0.25, 0.3) is 0 Å². The Labute approximate surface area is 83.1 Å². The number of nitrogens with one attached hydrogen (secondary N) is 1. The third kappa shape index (κ3) is 3.48. The van der Waals surface area contributed by atoms with Crippen molar-refractivity contribution in [1.82, 2.24) is 5.32 Å². The molecule has 1 atom stereocenters. The lowest BCUT2D eigenvalue weighted by molar-refractivity contribution is -0.128. The van der Waals surface area contributed by atoms with E-state index in [-0.39, 0.29) is 11.5 Å². The molecule has 0 radical (unpaired) electrons. The first-order valence-electron chi connectivity index (χ1n) is 5.11. The number of halogens is 3. The molecule has 0 aromatic carbocycles. The summed E-state index contributed by atoms with van der Waals surface area (Å²) < 4.78 is 36.0. The quantitative estimate of drug-likeness (QED) is 0.736. The molecule has 0 bridgehead atoms. The largest absolute Gasteiger partial charge is 0.401 e. The molecule has 1 aliphatic carbocycles. The Bertz CT molecular complexity index is 186. The van der Waals surface area contributed by atoms with Gasteiger partial charge in [-0.2, -0.15) is 13.2 Å². The maximum absolute atomic E-state index is 12.0. The van der Waals surface area contributed by atoms with Crippen LogP contribution in [0.25, 0.3) is 0 Å². The van der Waals surface area contributed by atoms with Crippen LogP contribution in [0, 0.1) is 5.41 Å². The lowest BCUT2D eigenvalue weighted by atomic mass is 9.73. The zero-order valence-corrected chi connectivity index (χ0v) is 8.75. The van der Waals surface area contributed by atoms with Crippen molar-refractivity contribution in [2.24, 2.45) is 5.41 Å². The van der Waals surface area contributed by atoms with E-state index in [1.54, 1.807) is 0 Å². The highest BCUT2D eigenvalue weighted by atomic mass is 19.4. The first-order chi connectivity index (χ1) is 6.31. The molecule has 1 saturated carbocycles. The predicted octanol–water partition coefficient (Wildman–Crippen LogP) is 3.11. The van der Waals surface area contributed by atoms with Crippen LogP contribution in [0.15, 0.2) is 0 Å². The smallest absolute Gasteiger partial charge is 0.305 e. The van der Waals surface area contributed by atoms with Crippen molar-refractivity contribution in [1.29, 1.82) is 0 Å². The molecule has 0 aliphatic heterocycles. The molecule has 0 saturated heterocycles. The van der Waals surface area contributed by atoms with Gasteiger partial charge < -0.3 is 5.32 Å². The van der Waals surface area contributed by atoms with Crippen LogP contribution in [0.2, 0.25) is 0 Å². The molecule has 1 nitrogen and oxygen atoms in total. The first-order valence-corrected chi connectivity index (χ1v) is 5.11. The Morgan fingerprint density at radius 2 is 1.93 bits per heavy atom. The van der Waals surface area contributed by atoms with E-state index in [0.29, 0.717) is 0 Å². The fraction of sp³-hybridized carbons (Fsp3) is 1.00. The van der Waals surface area contributed by atoms with E-state index in [1.165, 1.54) is 0 Å². The summed E-state index contributed by atoms with van der Waals surface area (Å²) in [5, 5.41) is 2.63. The molecule has 0 aromatic heterocycles. The van der Waals surface area contributed by atoms with Gasteiger partial charge in [0.1, 0.15) is 0 Å². The normalized spacial score (nSPS) is 27.6. The average Bonchev–Trinajstić information content (AvgIpc) is 2.00. The molecule has 0 spiro atoms. The minimum atomic E-state index is -4.09. The monoisotopic (exact) mass is 209 g/mol. The summed E-state index contributed by atoms with van der Waals surface area (Å²) in [7, 11) is 0. The van der Waals surface area contributed by atoms with Gasteiger partial charge in [-0.1, -0.05) is 26.7 Å². The van der Waals surface area contributed by atoms with Crippen LogP contribution in [-0.4, -0.2) is 18.8 Å². The van der Waals surface area contributed by atoms with Gasteiger partial charge in [-0.25, -0.2) is 0 Å². The summed E-state index contributed by atoms with van der Waals surface area (Å²) in [4.78, 5) is 0. The molecule has 14 heavy (non-hydrogen) atoms. The van der Waals surface area contributed by atoms with E-state index < -0.39 is 12.7 Å². The predicted molar refractivity (Wildman–Crippen MR) is 50.1 cm³/mol. The third-order valence-corrected chi connectivity index (χ3v) is 3.06. The van der Waals surface area contributed by atoms with E-state index in [2.05, 4.69) is 5.32 Å². The summed E-state index contributed by atoms with van der Waals surface area (Å²) in [5.41, 5.74) is 0.00347. The van der Waals surface area contributed by atoms with E-state index in [1.807, 2.05) is 13.8 Å². The summed E-state index contributed by atoms with van der Waals surface area (Å²) in [6.45, 7) is 3.22. The summed E-state index contributed by atoms with van der Waals surface area (Å²) in [5.74, 6) is 0. The second kappa shape index (κ2) is 4.09. The van der Waals surface area contributed by atoms with Crippen molar-refractivity contribution >= 4 is 0 Å². The van der Waals surface area contributed by atoms with Crippen molar-refractivity contribution in [3.63, 3.8) is 0 Å². The van der Waals surface area contributed by atoms with Gasteiger partial charge in [-0.15, -0.1) is 0 Å². The van der Waals surface area contributed by atoms with Crippen molar-refractivity contribution in [2.75, 3.05) is 6.54 Å². The lowest BCUT2D eigenvalue weighted by Gasteiger charge is -2.39. The minimum Gasteiger partial charge on any atom is -0.305 e. The number of hydrogen-bond donors (Lipinski definition) is 1. The van der Waals surface area contributed by atoms with Crippen LogP contribution in [0.5, 0.6) is 0 Å². The second-order valence-corrected chi connectivity index (χ2v) is 4.78. The molecule has 1 unspecified atom stereocenters. The average molecular weight is 209 g/mol. The van der Waals surface area contributed by atoms with Crippen molar-refractivity contribution in [2.45, 2.75) is 51.7 Å². The van der Waals surface area contributed by atoms with Crippen molar-refractivity contribution in [3.8, 4) is 0 Å². The number of alkyl halides is 3. The number of hydrogen-bond acceptors (Lipinski definition) is 1. The van der Waals surface area contributed by atoms with Gasteiger partial charge in [0, 0.05) is 6.04 Å². The van der Waals surface area contributed by atoms with E-state index in [9.17, 15) is 13.2 Å². The fourth-order valence-corrected chi connectivity index (χ4v) is 2.11. The lowest BCUT2D eigenvalue weighted by Crippen LogP contribution is -2.47. The standard InChI is InChI=1S/C10H18F3N/c1-9(2)6-4-3-5-8(9)14-7-10(11,12)13/h8,14H,3-7H2,1-2H3. The molecule has 1 rings (SSSR count). The maximum atomic E-state index is 12.0. The Morgan fingerprint density at radius 3 is 2.43 bits per heavy atom. The molecular formula is C10H18F3N. The van der Waals surface area contributed by atoms with E-state index in [4.69, 9.17) is 0 Å².